The third kappa shape index (κ3) is 4.26. The predicted octanol–water partition coefficient (Wildman–Crippen LogP) is 1.20. The largest absolute Gasteiger partial charge is 0.477 e. The lowest BCUT2D eigenvalue weighted by atomic mass is 10.4. The average Bonchev–Trinajstić information content (AvgIpc) is 2.60. The Hall–Kier alpha value is -1.14. The first-order chi connectivity index (χ1) is 7.09. The zero-order valence-electron chi connectivity index (χ0n) is 8.86. The maximum atomic E-state index is 10.6. The van der Waals surface area contributed by atoms with Crippen molar-refractivity contribution in [3.8, 4) is 0 Å². The van der Waals surface area contributed by atoms with Gasteiger partial charge in [-0.25, -0.2) is 9.78 Å². The number of hydrogen-bond donors (Lipinski definition) is 2. The summed E-state index contributed by atoms with van der Waals surface area (Å²) in [6.07, 6.45) is 2.39. The van der Waals surface area contributed by atoms with Gasteiger partial charge in [-0.15, -0.1) is 0 Å². The van der Waals surface area contributed by atoms with Crippen LogP contribution in [0.4, 0.5) is 5.13 Å². The summed E-state index contributed by atoms with van der Waals surface area (Å²) in [5.41, 5.74) is 0. The van der Waals surface area contributed by atoms with Crippen LogP contribution in [0.2, 0.25) is 0 Å². The number of carboxylic acids is 1. The second-order valence-electron chi connectivity index (χ2n) is 3.42. The van der Waals surface area contributed by atoms with Crippen molar-refractivity contribution >= 4 is 22.4 Å². The minimum Gasteiger partial charge on any atom is -0.477 e. The van der Waals surface area contributed by atoms with Crippen molar-refractivity contribution in [1.29, 1.82) is 0 Å². The van der Waals surface area contributed by atoms with Crippen LogP contribution in [-0.2, 0) is 0 Å². The van der Waals surface area contributed by atoms with E-state index in [1.807, 2.05) is 14.1 Å². The van der Waals surface area contributed by atoms with Gasteiger partial charge in [-0.05, 0) is 27.1 Å². The van der Waals surface area contributed by atoms with Gasteiger partial charge < -0.3 is 15.3 Å². The van der Waals surface area contributed by atoms with Crippen molar-refractivity contribution in [3.63, 3.8) is 0 Å². The summed E-state index contributed by atoms with van der Waals surface area (Å²) in [4.78, 5) is 16.9. The van der Waals surface area contributed by atoms with Gasteiger partial charge in [-0.2, -0.15) is 0 Å². The van der Waals surface area contributed by atoms with Gasteiger partial charge in [-0.3, -0.25) is 0 Å². The fourth-order valence-electron chi connectivity index (χ4n) is 1.05. The highest BCUT2D eigenvalue weighted by Gasteiger charge is 2.07. The van der Waals surface area contributed by atoms with Crippen molar-refractivity contribution in [2.45, 2.75) is 6.42 Å². The molecule has 0 amide bonds. The van der Waals surface area contributed by atoms with Crippen molar-refractivity contribution < 1.29 is 9.90 Å². The molecular weight excluding hydrogens is 214 g/mol. The van der Waals surface area contributed by atoms with E-state index in [2.05, 4.69) is 15.2 Å². The molecule has 2 N–H and O–H groups in total. The van der Waals surface area contributed by atoms with Gasteiger partial charge in [-0.1, -0.05) is 11.3 Å². The van der Waals surface area contributed by atoms with Crippen molar-refractivity contribution in [3.05, 3.63) is 11.1 Å². The Morgan fingerprint density at radius 2 is 2.40 bits per heavy atom. The maximum Gasteiger partial charge on any atom is 0.347 e. The van der Waals surface area contributed by atoms with Crippen molar-refractivity contribution in [2.24, 2.45) is 0 Å². The third-order valence-electron chi connectivity index (χ3n) is 1.77. The fraction of sp³-hybridized carbons (Fsp3) is 0.556. The van der Waals surface area contributed by atoms with E-state index in [0.717, 1.165) is 30.8 Å². The standard InChI is InChI=1S/C9H15N3O2S/c1-12(2)5-3-4-10-9-11-6-7(15-9)8(13)14/h6H,3-5H2,1-2H3,(H,10,11)(H,13,14). The molecule has 0 saturated carbocycles. The molecule has 0 unspecified atom stereocenters. The van der Waals surface area contributed by atoms with Gasteiger partial charge >= 0.3 is 5.97 Å². The number of carbonyl (C=O) groups is 1. The minimum atomic E-state index is -0.922. The van der Waals surface area contributed by atoms with Crippen LogP contribution in [0.25, 0.3) is 0 Å². The van der Waals surface area contributed by atoms with Gasteiger partial charge in [0.05, 0.1) is 6.20 Å². The number of thiazole rings is 1. The average molecular weight is 229 g/mol. The van der Waals surface area contributed by atoms with E-state index in [1.54, 1.807) is 0 Å². The summed E-state index contributed by atoms with van der Waals surface area (Å²) in [6, 6.07) is 0. The smallest absolute Gasteiger partial charge is 0.347 e. The molecule has 0 spiro atoms. The molecule has 15 heavy (non-hydrogen) atoms. The molecule has 1 rings (SSSR count). The number of nitrogens with one attached hydrogen (secondary N) is 1. The lowest BCUT2D eigenvalue weighted by Crippen LogP contribution is -2.16. The number of anilines is 1. The molecule has 0 radical (unpaired) electrons. The number of aromatic nitrogens is 1. The Kier molecular flexibility index (Phi) is 4.51. The van der Waals surface area contributed by atoms with E-state index >= 15 is 0 Å². The van der Waals surface area contributed by atoms with Crippen LogP contribution in [0, 0.1) is 0 Å². The summed E-state index contributed by atoms with van der Waals surface area (Å²) >= 11 is 1.16. The summed E-state index contributed by atoms with van der Waals surface area (Å²) in [5.74, 6) is -0.922. The fourth-order valence-corrected chi connectivity index (χ4v) is 1.73. The predicted molar refractivity (Wildman–Crippen MR) is 60.7 cm³/mol. The van der Waals surface area contributed by atoms with E-state index < -0.39 is 5.97 Å². The highest BCUT2D eigenvalue weighted by molar-refractivity contribution is 7.17. The van der Waals surface area contributed by atoms with Gasteiger partial charge in [0.1, 0.15) is 4.88 Å². The summed E-state index contributed by atoms with van der Waals surface area (Å²) in [6.45, 7) is 1.81. The molecule has 0 aliphatic carbocycles. The Morgan fingerprint density at radius 1 is 1.67 bits per heavy atom. The molecule has 6 heteroatoms. The molecule has 84 valence electrons. The molecule has 1 aromatic rings. The van der Waals surface area contributed by atoms with E-state index in [4.69, 9.17) is 5.11 Å². The molecule has 0 atom stereocenters. The number of aromatic carboxylic acids is 1. The first-order valence-electron chi connectivity index (χ1n) is 4.67. The van der Waals surface area contributed by atoms with E-state index in [9.17, 15) is 4.79 Å². The molecule has 0 saturated heterocycles. The number of nitrogens with zero attached hydrogens (tertiary/aromatic N) is 2. The minimum absolute atomic E-state index is 0.269. The quantitative estimate of drug-likeness (QED) is 0.718. The Bertz CT molecular complexity index is 325. The van der Waals surface area contributed by atoms with Crippen LogP contribution in [-0.4, -0.2) is 48.1 Å². The number of hydrogen-bond acceptors (Lipinski definition) is 5. The second-order valence-corrected chi connectivity index (χ2v) is 4.45. The molecule has 1 heterocycles. The van der Waals surface area contributed by atoms with Crippen LogP contribution in [0.3, 0.4) is 0 Å². The maximum absolute atomic E-state index is 10.6. The first kappa shape index (κ1) is 11.9. The van der Waals surface area contributed by atoms with Crippen LogP contribution < -0.4 is 5.32 Å². The molecular formula is C9H15N3O2S. The number of carboxylic acid groups (broad SMARTS) is 1. The SMILES string of the molecule is CN(C)CCCNc1ncc(C(=O)O)s1. The van der Waals surface area contributed by atoms with E-state index in [0.29, 0.717) is 5.13 Å². The Labute approximate surface area is 92.7 Å². The second kappa shape index (κ2) is 5.67. The molecule has 0 aromatic carbocycles. The van der Waals surface area contributed by atoms with Gasteiger partial charge in [0.2, 0.25) is 0 Å². The van der Waals surface area contributed by atoms with Crippen LogP contribution in [0.1, 0.15) is 16.1 Å². The van der Waals surface area contributed by atoms with Crippen LogP contribution in [0.5, 0.6) is 0 Å². The van der Waals surface area contributed by atoms with Gasteiger partial charge in [0, 0.05) is 6.54 Å². The number of rotatable bonds is 6. The lowest BCUT2D eigenvalue weighted by molar-refractivity contribution is 0.0702. The molecule has 0 aliphatic heterocycles. The summed E-state index contributed by atoms with van der Waals surface area (Å²) in [7, 11) is 4.04. The van der Waals surface area contributed by atoms with E-state index in [-0.39, 0.29) is 4.88 Å². The molecule has 0 bridgehead atoms. The Balaban J connectivity index is 2.29. The monoisotopic (exact) mass is 229 g/mol. The van der Waals surface area contributed by atoms with E-state index in [1.165, 1.54) is 6.20 Å². The molecule has 0 aliphatic rings. The lowest BCUT2D eigenvalue weighted by Gasteiger charge is -2.08. The van der Waals surface area contributed by atoms with Crippen molar-refractivity contribution in [2.75, 3.05) is 32.5 Å². The molecule has 1 aromatic heterocycles. The van der Waals surface area contributed by atoms with Crippen molar-refractivity contribution in [1.82, 2.24) is 9.88 Å². The van der Waals surface area contributed by atoms with Gasteiger partial charge in [0.25, 0.3) is 0 Å². The Morgan fingerprint density at radius 3 is 2.93 bits per heavy atom. The van der Waals surface area contributed by atoms with Gasteiger partial charge in [0.15, 0.2) is 5.13 Å². The summed E-state index contributed by atoms with van der Waals surface area (Å²) in [5, 5.41) is 12.4. The topological polar surface area (TPSA) is 65.5 Å². The summed E-state index contributed by atoms with van der Waals surface area (Å²) < 4.78 is 0. The highest BCUT2D eigenvalue weighted by Crippen LogP contribution is 2.17. The normalized spacial score (nSPS) is 10.6. The van der Waals surface area contributed by atoms with Crippen LogP contribution in [0.15, 0.2) is 6.20 Å². The third-order valence-corrected chi connectivity index (χ3v) is 2.72. The van der Waals surface area contributed by atoms with Crippen LogP contribution >= 0.6 is 11.3 Å². The zero-order valence-corrected chi connectivity index (χ0v) is 9.67. The zero-order chi connectivity index (χ0) is 11.3. The molecule has 5 nitrogen and oxygen atoms in total. The molecule has 0 fully saturated rings. The highest BCUT2D eigenvalue weighted by atomic mass is 32.1. The first-order valence-corrected chi connectivity index (χ1v) is 5.49.